The molecule has 7 heteroatoms. The van der Waals surface area contributed by atoms with E-state index >= 15 is 0 Å². The number of nitrogens with two attached hydrogens (primary N) is 1. The van der Waals surface area contributed by atoms with Crippen LogP contribution in [0.1, 0.15) is 18.9 Å². The maximum Gasteiger partial charge on any atom is 0.243 e. The van der Waals surface area contributed by atoms with Crippen molar-refractivity contribution < 1.29 is 13.2 Å². The molecule has 0 aromatic heterocycles. The smallest absolute Gasteiger partial charge is 0.243 e. The van der Waals surface area contributed by atoms with Crippen molar-refractivity contribution in [1.82, 2.24) is 4.31 Å². The van der Waals surface area contributed by atoms with E-state index < -0.39 is 16.1 Å². The van der Waals surface area contributed by atoms with E-state index in [9.17, 15) is 8.42 Å². The Morgan fingerprint density at radius 3 is 2.67 bits per heavy atom. The molecule has 1 fully saturated rings. The number of ether oxygens (including phenoxy) is 1. The fraction of sp³-hybridized carbons (Fsp3) is 0.500. The Morgan fingerprint density at radius 2 is 2.10 bits per heavy atom. The normalized spacial score (nSPS) is 20.3. The Labute approximate surface area is 125 Å². The van der Waals surface area contributed by atoms with Crippen molar-refractivity contribution in [1.29, 1.82) is 5.41 Å². The minimum absolute atomic E-state index is 0.0916. The predicted octanol–water partition coefficient (Wildman–Crippen LogP) is 0.965. The Kier molecular flexibility index (Phi) is 4.97. The summed E-state index contributed by atoms with van der Waals surface area (Å²) in [7, 11) is -3.56. The molecule has 0 amide bonds. The van der Waals surface area contributed by atoms with Gasteiger partial charge in [0, 0.05) is 13.1 Å². The van der Waals surface area contributed by atoms with Crippen molar-refractivity contribution in [2.45, 2.75) is 30.8 Å². The SMILES string of the molecule is CCCc1ccc(S(=O)(=O)N2CCOC(C(=N)N)C2)cc1. The highest BCUT2D eigenvalue weighted by Crippen LogP contribution is 2.19. The molecule has 2 rings (SSSR count). The van der Waals surface area contributed by atoms with Crippen LogP contribution in [0.4, 0.5) is 0 Å². The van der Waals surface area contributed by atoms with Gasteiger partial charge < -0.3 is 10.5 Å². The first kappa shape index (κ1) is 15.9. The number of sulfonamides is 1. The van der Waals surface area contributed by atoms with Gasteiger partial charge in [-0.15, -0.1) is 0 Å². The predicted molar refractivity (Wildman–Crippen MR) is 80.8 cm³/mol. The molecule has 1 aromatic rings. The highest BCUT2D eigenvalue weighted by Gasteiger charge is 2.31. The molecular weight excluding hydrogens is 290 g/mol. The Bertz CT molecular complexity index is 598. The minimum atomic E-state index is -3.56. The summed E-state index contributed by atoms with van der Waals surface area (Å²) in [6.45, 7) is 2.70. The minimum Gasteiger partial charge on any atom is -0.385 e. The number of nitrogens with one attached hydrogen (secondary N) is 1. The Balaban J connectivity index is 2.18. The number of nitrogens with zero attached hydrogens (tertiary/aromatic N) is 1. The van der Waals surface area contributed by atoms with Gasteiger partial charge in [-0.05, 0) is 24.1 Å². The van der Waals surface area contributed by atoms with Crippen LogP contribution in [-0.4, -0.2) is 44.4 Å². The van der Waals surface area contributed by atoms with E-state index in [1.54, 1.807) is 12.1 Å². The lowest BCUT2D eigenvalue weighted by molar-refractivity contribution is 0.0368. The van der Waals surface area contributed by atoms with Crippen LogP contribution in [-0.2, 0) is 21.2 Å². The molecule has 1 unspecified atom stereocenters. The first-order valence-electron chi connectivity index (χ1n) is 6.99. The van der Waals surface area contributed by atoms with E-state index in [2.05, 4.69) is 6.92 Å². The highest BCUT2D eigenvalue weighted by atomic mass is 32.2. The molecule has 0 bridgehead atoms. The molecule has 0 saturated carbocycles. The van der Waals surface area contributed by atoms with Gasteiger partial charge in [0.25, 0.3) is 0 Å². The van der Waals surface area contributed by atoms with Crippen molar-refractivity contribution in [3.05, 3.63) is 29.8 Å². The fourth-order valence-electron chi connectivity index (χ4n) is 2.30. The van der Waals surface area contributed by atoms with Crippen LogP contribution in [0.15, 0.2) is 29.2 Å². The molecule has 0 radical (unpaired) electrons. The molecule has 21 heavy (non-hydrogen) atoms. The third-order valence-corrected chi connectivity index (χ3v) is 5.36. The zero-order valence-electron chi connectivity index (χ0n) is 12.1. The monoisotopic (exact) mass is 311 g/mol. The molecule has 3 N–H and O–H groups in total. The number of morpholine rings is 1. The lowest BCUT2D eigenvalue weighted by Gasteiger charge is -2.31. The van der Waals surface area contributed by atoms with E-state index in [4.69, 9.17) is 15.9 Å². The van der Waals surface area contributed by atoms with Crippen molar-refractivity contribution in [2.24, 2.45) is 5.73 Å². The van der Waals surface area contributed by atoms with E-state index in [1.165, 1.54) is 4.31 Å². The van der Waals surface area contributed by atoms with Gasteiger partial charge in [-0.25, -0.2) is 8.42 Å². The molecule has 1 saturated heterocycles. The van der Waals surface area contributed by atoms with Gasteiger partial charge in [0.1, 0.15) is 11.9 Å². The molecule has 1 aliphatic rings. The van der Waals surface area contributed by atoms with E-state index in [0.29, 0.717) is 0 Å². The molecule has 0 aliphatic carbocycles. The van der Waals surface area contributed by atoms with Crippen LogP contribution in [0.25, 0.3) is 0 Å². The van der Waals surface area contributed by atoms with Gasteiger partial charge in [-0.1, -0.05) is 25.5 Å². The van der Waals surface area contributed by atoms with Crippen LogP contribution in [0.3, 0.4) is 0 Å². The van der Waals surface area contributed by atoms with Crippen LogP contribution in [0.5, 0.6) is 0 Å². The van der Waals surface area contributed by atoms with Crippen LogP contribution < -0.4 is 5.73 Å². The number of rotatable bonds is 5. The van der Waals surface area contributed by atoms with Crippen molar-refractivity contribution in [3.63, 3.8) is 0 Å². The summed E-state index contributed by atoms with van der Waals surface area (Å²) in [5.74, 6) is -0.145. The Hall–Kier alpha value is -1.44. The number of aryl methyl sites for hydroxylation is 1. The largest absolute Gasteiger partial charge is 0.385 e. The molecule has 116 valence electrons. The van der Waals surface area contributed by atoms with Crippen LogP contribution in [0.2, 0.25) is 0 Å². The van der Waals surface area contributed by atoms with Crippen LogP contribution >= 0.6 is 0 Å². The maximum absolute atomic E-state index is 12.6. The molecule has 1 aliphatic heterocycles. The van der Waals surface area contributed by atoms with Crippen LogP contribution in [0, 0.1) is 5.41 Å². The second kappa shape index (κ2) is 6.55. The molecule has 6 nitrogen and oxygen atoms in total. The zero-order chi connectivity index (χ0) is 15.5. The van der Waals surface area contributed by atoms with E-state index in [1.807, 2.05) is 12.1 Å². The highest BCUT2D eigenvalue weighted by molar-refractivity contribution is 7.89. The average molecular weight is 311 g/mol. The van der Waals surface area contributed by atoms with Gasteiger partial charge >= 0.3 is 0 Å². The fourth-order valence-corrected chi connectivity index (χ4v) is 3.72. The summed E-state index contributed by atoms with van der Waals surface area (Å²) in [4.78, 5) is 0.270. The quantitative estimate of drug-likeness (QED) is 0.625. The van der Waals surface area contributed by atoms with Gasteiger partial charge in [-0.3, -0.25) is 5.41 Å². The summed E-state index contributed by atoms with van der Waals surface area (Å²) in [5.41, 5.74) is 6.53. The zero-order valence-corrected chi connectivity index (χ0v) is 12.9. The van der Waals surface area contributed by atoms with E-state index in [-0.39, 0.29) is 30.4 Å². The number of hydrogen-bond acceptors (Lipinski definition) is 4. The first-order valence-corrected chi connectivity index (χ1v) is 8.43. The summed E-state index contributed by atoms with van der Waals surface area (Å²) in [6.07, 6.45) is 1.30. The summed E-state index contributed by atoms with van der Waals surface area (Å²) in [6, 6.07) is 6.97. The van der Waals surface area contributed by atoms with Crippen molar-refractivity contribution in [2.75, 3.05) is 19.7 Å². The Morgan fingerprint density at radius 1 is 1.43 bits per heavy atom. The second-order valence-electron chi connectivity index (χ2n) is 5.07. The lowest BCUT2D eigenvalue weighted by atomic mass is 10.1. The van der Waals surface area contributed by atoms with Gasteiger partial charge in [0.05, 0.1) is 11.5 Å². The van der Waals surface area contributed by atoms with Crippen molar-refractivity contribution >= 4 is 15.9 Å². The summed E-state index contributed by atoms with van der Waals surface area (Å²) >= 11 is 0. The average Bonchev–Trinajstić information content (AvgIpc) is 2.48. The van der Waals surface area contributed by atoms with E-state index in [0.717, 1.165) is 18.4 Å². The summed E-state index contributed by atoms with van der Waals surface area (Å²) < 4.78 is 31.8. The summed E-state index contributed by atoms with van der Waals surface area (Å²) in [5, 5.41) is 7.39. The number of amidine groups is 1. The molecule has 1 aromatic carbocycles. The van der Waals surface area contributed by atoms with Crippen molar-refractivity contribution in [3.8, 4) is 0 Å². The standard InChI is InChI=1S/C14H21N3O3S/c1-2-3-11-4-6-12(7-5-11)21(18,19)17-8-9-20-13(10-17)14(15)16/h4-7,13H,2-3,8-10H2,1H3,(H3,15,16). The number of hydrogen-bond donors (Lipinski definition) is 2. The van der Waals surface area contributed by atoms with Gasteiger partial charge in [0.15, 0.2) is 0 Å². The second-order valence-corrected chi connectivity index (χ2v) is 7.01. The molecule has 1 heterocycles. The molecular formula is C14H21N3O3S. The topological polar surface area (TPSA) is 96.5 Å². The third kappa shape index (κ3) is 3.61. The molecule has 1 atom stereocenters. The van der Waals surface area contributed by atoms with Gasteiger partial charge in [-0.2, -0.15) is 4.31 Å². The lowest BCUT2D eigenvalue weighted by Crippen LogP contribution is -2.50. The molecule has 0 spiro atoms. The first-order chi connectivity index (χ1) is 9.95. The maximum atomic E-state index is 12.6. The number of benzene rings is 1. The third-order valence-electron chi connectivity index (χ3n) is 3.48. The van der Waals surface area contributed by atoms with Gasteiger partial charge in [0.2, 0.25) is 10.0 Å².